The van der Waals surface area contributed by atoms with Crippen LogP contribution in [0.1, 0.15) is 39.0 Å². The van der Waals surface area contributed by atoms with Crippen molar-refractivity contribution < 1.29 is 45.7 Å². The van der Waals surface area contributed by atoms with E-state index in [2.05, 4.69) is 4.74 Å². The van der Waals surface area contributed by atoms with Crippen LogP contribution in [-0.2, 0) is 9.53 Å². The van der Waals surface area contributed by atoms with Gasteiger partial charge in [0.2, 0.25) is 5.91 Å². The summed E-state index contributed by atoms with van der Waals surface area (Å²) in [6, 6.07) is 5.76. The van der Waals surface area contributed by atoms with Crippen LogP contribution in [0.5, 0.6) is 5.75 Å². The van der Waals surface area contributed by atoms with E-state index in [9.17, 15) is 36.2 Å². The van der Waals surface area contributed by atoms with Crippen molar-refractivity contribution in [2.24, 2.45) is 5.41 Å². The van der Waals surface area contributed by atoms with Gasteiger partial charge in [-0.15, -0.1) is 0 Å². The number of halogens is 6. The van der Waals surface area contributed by atoms with E-state index in [4.69, 9.17) is 4.74 Å². The standard InChI is InChI=1S/C21H25F6NO4/c1-14(21(25,26)27)32-16-4-2-15(3-5-16)28-11-10-18(17(28)29)6-8-19(30,9-7-18)12-31-13-20(22,23)24/h2-5,14,30H,6-13H2,1H3/t14-,18-,19-/m1/s1. The van der Waals surface area contributed by atoms with E-state index >= 15 is 0 Å². The maximum Gasteiger partial charge on any atom is 0.425 e. The van der Waals surface area contributed by atoms with Crippen molar-refractivity contribution in [3.8, 4) is 5.75 Å². The molecule has 1 spiro atoms. The van der Waals surface area contributed by atoms with E-state index < -0.39 is 42.7 Å². The van der Waals surface area contributed by atoms with E-state index in [1.54, 1.807) is 4.90 Å². The molecular formula is C21H25F6NO4. The van der Waals surface area contributed by atoms with Crippen LogP contribution in [-0.4, -0.2) is 54.8 Å². The van der Waals surface area contributed by atoms with Gasteiger partial charge in [0.05, 0.1) is 17.6 Å². The Kier molecular flexibility index (Phi) is 6.72. The van der Waals surface area contributed by atoms with Gasteiger partial charge in [-0.05, 0) is 63.3 Å². The third kappa shape index (κ3) is 5.67. The number of carbonyl (C=O) groups is 1. The molecular weight excluding hydrogens is 444 g/mol. The van der Waals surface area contributed by atoms with Crippen LogP contribution in [0.3, 0.4) is 0 Å². The zero-order valence-electron chi connectivity index (χ0n) is 17.4. The van der Waals surface area contributed by atoms with E-state index in [1.165, 1.54) is 24.3 Å². The molecule has 2 fully saturated rings. The molecule has 1 amide bonds. The molecule has 1 aromatic carbocycles. The Labute approximate surface area is 181 Å². The number of alkyl halides is 6. The Balaban J connectivity index is 1.58. The van der Waals surface area contributed by atoms with Crippen molar-refractivity contribution >= 4 is 11.6 Å². The molecule has 180 valence electrons. The monoisotopic (exact) mass is 469 g/mol. The Bertz CT molecular complexity index is 800. The molecule has 1 saturated heterocycles. The minimum absolute atomic E-state index is 0.0292. The van der Waals surface area contributed by atoms with Crippen LogP contribution in [0.25, 0.3) is 0 Å². The number of hydrogen-bond acceptors (Lipinski definition) is 4. The second kappa shape index (κ2) is 8.74. The fourth-order valence-corrected chi connectivity index (χ4v) is 4.20. The number of nitrogens with zero attached hydrogens (tertiary/aromatic N) is 1. The maximum absolute atomic E-state index is 13.1. The lowest BCUT2D eigenvalue weighted by atomic mass is 9.68. The van der Waals surface area contributed by atoms with Gasteiger partial charge in [-0.1, -0.05) is 0 Å². The highest BCUT2D eigenvalue weighted by atomic mass is 19.4. The van der Waals surface area contributed by atoms with Gasteiger partial charge in [0.25, 0.3) is 0 Å². The average Bonchev–Trinajstić information content (AvgIpc) is 3.00. The highest BCUT2D eigenvalue weighted by Gasteiger charge is 2.51. The summed E-state index contributed by atoms with van der Waals surface area (Å²) in [5.41, 5.74) is -1.59. The largest absolute Gasteiger partial charge is 0.481 e. The zero-order valence-corrected chi connectivity index (χ0v) is 17.4. The second-order valence-corrected chi connectivity index (χ2v) is 8.62. The van der Waals surface area contributed by atoms with Crippen LogP contribution >= 0.6 is 0 Å². The Morgan fingerprint density at radius 1 is 1.03 bits per heavy atom. The number of ether oxygens (including phenoxy) is 2. The van der Waals surface area contributed by atoms with Crippen LogP contribution in [0.15, 0.2) is 24.3 Å². The minimum Gasteiger partial charge on any atom is -0.481 e. The van der Waals surface area contributed by atoms with Gasteiger partial charge in [0, 0.05) is 12.2 Å². The highest BCUT2D eigenvalue weighted by Crippen LogP contribution is 2.48. The number of aliphatic hydroxyl groups is 1. The molecule has 0 aromatic heterocycles. The predicted molar refractivity (Wildman–Crippen MR) is 102 cm³/mol. The van der Waals surface area contributed by atoms with Gasteiger partial charge in [-0.2, -0.15) is 26.3 Å². The number of anilines is 1. The first-order valence-corrected chi connectivity index (χ1v) is 10.3. The summed E-state index contributed by atoms with van der Waals surface area (Å²) in [7, 11) is 0. The average molecular weight is 469 g/mol. The second-order valence-electron chi connectivity index (χ2n) is 8.62. The lowest BCUT2D eigenvalue weighted by Gasteiger charge is -2.40. The molecule has 1 N–H and O–H groups in total. The van der Waals surface area contributed by atoms with Crippen molar-refractivity contribution in [2.75, 3.05) is 24.7 Å². The van der Waals surface area contributed by atoms with Gasteiger partial charge >= 0.3 is 12.4 Å². The van der Waals surface area contributed by atoms with Crippen LogP contribution in [0.2, 0.25) is 0 Å². The van der Waals surface area contributed by atoms with Crippen molar-refractivity contribution in [1.29, 1.82) is 0 Å². The Morgan fingerprint density at radius 2 is 1.62 bits per heavy atom. The topological polar surface area (TPSA) is 59.0 Å². The summed E-state index contributed by atoms with van der Waals surface area (Å²) in [5.74, 6) is -0.130. The fraction of sp³-hybridized carbons (Fsp3) is 0.667. The van der Waals surface area contributed by atoms with Gasteiger partial charge in [-0.3, -0.25) is 4.79 Å². The maximum atomic E-state index is 13.1. The summed E-state index contributed by atoms with van der Waals surface area (Å²) in [5, 5.41) is 10.5. The molecule has 1 atom stereocenters. The molecule has 1 aliphatic carbocycles. The number of rotatable bonds is 6. The third-order valence-electron chi connectivity index (χ3n) is 6.21. The number of benzene rings is 1. The first kappa shape index (κ1) is 24.6. The highest BCUT2D eigenvalue weighted by molar-refractivity contribution is 6.00. The van der Waals surface area contributed by atoms with Crippen LogP contribution in [0, 0.1) is 5.41 Å². The SMILES string of the molecule is C[C@@H](Oc1ccc(N2CC[C@]3(CC[C@](O)(COCC(F)(F)F)CC3)C2=O)cc1)C(F)(F)F. The molecule has 11 heteroatoms. The van der Waals surface area contributed by atoms with E-state index in [0.717, 1.165) is 6.92 Å². The third-order valence-corrected chi connectivity index (χ3v) is 6.21. The van der Waals surface area contributed by atoms with Crippen molar-refractivity contribution in [2.45, 2.75) is 63.1 Å². The van der Waals surface area contributed by atoms with Gasteiger partial charge in [-0.25, -0.2) is 0 Å². The zero-order chi connectivity index (χ0) is 23.8. The first-order valence-electron chi connectivity index (χ1n) is 10.3. The molecule has 0 bridgehead atoms. The molecule has 1 heterocycles. The van der Waals surface area contributed by atoms with Gasteiger partial charge in [0.15, 0.2) is 6.10 Å². The molecule has 32 heavy (non-hydrogen) atoms. The van der Waals surface area contributed by atoms with Crippen molar-refractivity contribution in [3.63, 3.8) is 0 Å². The molecule has 0 unspecified atom stereocenters. The van der Waals surface area contributed by atoms with Crippen molar-refractivity contribution in [1.82, 2.24) is 0 Å². The fourth-order valence-electron chi connectivity index (χ4n) is 4.20. The Hall–Kier alpha value is -2.01. The summed E-state index contributed by atoms with van der Waals surface area (Å²) in [6.07, 6.45) is -9.48. The first-order chi connectivity index (χ1) is 14.7. The normalized spacial score (nSPS) is 27.8. The lowest BCUT2D eigenvalue weighted by molar-refractivity contribution is -0.191. The Morgan fingerprint density at radius 3 is 2.16 bits per heavy atom. The number of amides is 1. The van der Waals surface area contributed by atoms with Crippen LogP contribution in [0.4, 0.5) is 32.0 Å². The summed E-state index contributed by atoms with van der Waals surface area (Å²) >= 11 is 0. The van der Waals surface area contributed by atoms with Gasteiger partial charge in [0.1, 0.15) is 12.4 Å². The molecule has 1 aromatic rings. The van der Waals surface area contributed by atoms with Gasteiger partial charge < -0.3 is 19.5 Å². The minimum atomic E-state index is -4.49. The number of hydrogen-bond donors (Lipinski definition) is 1. The molecule has 0 radical (unpaired) electrons. The summed E-state index contributed by atoms with van der Waals surface area (Å²) < 4.78 is 84.2. The van der Waals surface area contributed by atoms with Crippen molar-refractivity contribution in [3.05, 3.63) is 24.3 Å². The van der Waals surface area contributed by atoms with E-state index in [0.29, 0.717) is 31.5 Å². The van der Waals surface area contributed by atoms with E-state index in [1.807, 2.05) is 0 Å². The quantitative estimate of drug-likeness (QED) is 0.618. The van der Waals surface area contributed by atoms with Crippen LogP contribution < -0.4 is 9.64 Å². The summed E-state index contributed by atoms with van der Waals surface area (Å²) in [4.78, 5) is 14.7. The molecule has 2 aliphatic rings. The molecule has 1 saturated carbocycles. The molecule has 5 nitrogen and oxygen atoms in total. The summed E-state index contributed by atoms with van der Waals surface area (Å²) in [6.45, 7) is -0.575. The lowest BCUT2D eigenvalue weighted by Crippen LogP contribution is -2.46. The predicted octanol–water partition coefficient (Wildman–Crippen LogP) is 4.62. The molecule has 1 aliphatic heterocycles. The molecule has 3 rings (SSSR count). The van der Waals surface area contributed by atoms with E-state index in [-0.39, 0.29) is 24.5 Å². The number of carbonyl (C=O) groups excluding carboxylic acids is 1. The smallest absolute Gasteiger partial charge is 0.425 e.